The predicted octanol–water partition coefficient (Wildman–Crippen LogP) is 2.02. The van der Waals surface area contributed by atoms with Crippen LogP contribution in [0.25, 0.3) is 0 Å². The fourth-order valence-electron chi connectivity index (χ4n) is 1.64. The lowest BCUT2D eigenvalue weighted by atomic mass is 10.2. The van der Waals surface area contributed by atoms with Crippen molar-refractivity contribution in [3.63, 3.8) is 0 Å². The molecule has 1 N–H and O–H groups in total. The summed E-state index contributed by atoms with van der Waals surface area (Å²) >= 11 is 3.08. The van der Waals surface area contributed by atoms with Crippen LogP contribution in [0.3, 0.4) is 0 Å². The number of rotatable bonds is 4. The number of amides is 1. The minimum atomic E-state index is -0.540. The van der Waals surface area contributed by atoms with Crippen molar-refractivity contribution in [2.24, 2.45) is 7.05 Å². The van der Waals surface area contributed by atoms with Gasteiger partial charge in [0.15, 0.2) is 0 Å². The third kappa shape index (κ3) is 3.02. The van der Waals surface area contributed by atoms with E-state index in [4.69, 9.17) is 0 Å². The summed E-state index contributed by atoms with van der Waals surface area (Å²) in [5.41, 5.74) is 0.935. The lowest BCUT2D eigenvalue weighted by Gasteiger charge is -2.06. The summed E-state index contributed by atoms with van der Waals surface area (Å²) < 4.78 is 1.98. The Morgan fingerprint density at radius 2 is 2.25 bits per heavy atom. The molecular formula is C12H11BrN4O3. The third-order valence-corrected chi connectivity index (χ3v) is 3.43. The minimum absolute atomic E-state index is 0.141. The SMILES string of the molecule is Cn1nccc1CNC(=O)c1ccc(Br)c([N+](=O)[O-])c1. The molecular weight excluding hydrogens is 328 g/mol. The molecule has 0 fully saturated rings. The lowest BCUT2D eigenvalue weighted by Crippen LogP contribution is -2.24. The van der Waals surface area contributed by atoms with Crippen molar-refractivity contribution in [1.82, 2.24) is 15.1 Å². The average Bonchev–Trinajstić information content (AvgIpc) is 2.81. The van der Waals surface area contributed by atoms with Crippen LogP contribution in [-0.2, 0) is 13.6 Å². The molecule has 1 aromatic carbocycles. The predicted molar refractivity (Wildman–Crippen MR) is 75.2 cm³/mol. The van der Waals surface area contributed by atoms with Gasteiger partial charge in [0.1, 0.15) is 0 Å². The molecule has 0 aliphatic heterocycles. The monoisotopic (exact) mass is 338 g/mol. The van der Waals surface area contributed by atoms with Crippen LogP contribution < -0.4 is 5.32 Å². The van der Waals surface area contributed by atoms with Gasteiger partial charge in [-0.1, -0.05) is 0 Å². The van der Waals surface area contributed by atoms with Crippen molar-refractivity contribution in [2.45, 2.75) is 6.54 Å². The zero-order valence-corrected chi connectivity index (χ0v) is 12.1. The van der Waals surface area contributed by atoms with Gasteiger partial charge in [-0.25, -0.2) is 0 Å². The van der Waals surface area contributed by atoms with Gasteiger partial charge in [0.05, 0.1) is 21.6 Å². The average molecular weight is 339 g/mol. The number of nitrogens with one attached hydrogen (secondary N) is 1. The third-order valence-electron chi connectivity index (χ3n) is 2.76. The fourth-order valence-corrected chi connectivity index (χ4v) is 2.03. The summed E-state index contributed by atoms with van der Waals surface area (Å²) in [5, 5.41) is 17.5. The van der Waals surface area contributed by atoms with E-state index in [1.165, 1.54) is 18.2 Å². The van der Waals surface area contributed by atoms with Gasteiger partial charge in [0.2, 0.25) is 0 Å². The van der Waals surface area contributed by atoms with Gasteiger partial charge in [-0.3, -0.25) is 19.6 Å². The number of carbonyl (C=O) groups excluding carboxylic acids is 1. The highest BCUT2D eigenvalue weighted by atomic mass is 79.9. The molecule has 1 amide bonds. The van der Waals surface area contributed by atoms with Crippen LogP contribution in [0.1, 0.15) is 16.1 Å². The normalized spacial score (nSPS) is 10.3. The second-order valence-corrected chi connectivity index (χ2v) is 4.91. The van der Waals surface area contributed by atoms with Gasteiger partial charge in [0.25, 0.3) is 11.6 Å². The van der Waals surface area contributed by atoms with E-state index in [0.717, 1.165) is 5.69 Å². The Bertz CT molecular complexity index is 668. The van der Waals surface area contributed by atoms with Crippen molar-refractivity contribution < 1.29 is 9.72 Å². The van der Waals surface area contributed by atoms with E-state index in [1.54, 1.807) is 24.0 Å². The van der Waals surface area contributed by atoms with E-state index < -0.39 is 4.92 Å². The largest absolute Gasteiger partial charge is 0.346 e. The molecule has 2 rings (SSSR count). The molecule has 104 valence electrons. The van der Waals surface area contributed by atoms with E-state index >= 15 is 0 Å². The molecule has 8 heteroatoms. The maximum Gasteiger partial charge on any atom is 0.284 e. The molecule has 0 radical (unpaired) electrons. The second kappa shape index (κ2) is 5.83. The number of nitro groups is 1. The Hall–Kier alpha value is -2.22. The maximum atomic E-state index is 12.0. The molecule has 0 unspecified atom stereocenters. The summed E-state index contributed by atoms with van der Waals surface area (Å²) in [6.07, 6.45) is 1.63. The zero-order valence-electron chi connectivity index (χ0n) is 10.5. The smallest absolute Gasteiger partial charge is 0.284 e. The second-order valence-electron chi connectivity index (χ2n) is 4.05. The van der Waals surface area contributed by atoms with Gasteiger partial charge < -0.3 is 5.32 Å². The van der Waals surface area contributed by atoms with Gasteiger partial charge in [-0.2, -0.15) is 5.10 Å². The standard InChI is InChI=1S/C12H11BrN4O3/c1-16-9(4-5-15-16)7-14-12(18)8-2-3-10(13)11(6-8)17(19)20/h2-6H,7H2,1H3,(H,14,18). The number of hydrogen-bond acceptors (Lipinski definition) is 4. The van der Waals surface area contributed by atoms with E-state index in [1.807, 2.05) is 0 Å². The summed E-state index contributed by atoms with van der Waals surface area (Å²) in [4.78, 5) is 22.2. The number of aryl methyl sites for hydroxylation is 1. The molecule has 0 spiro atoms. The summed E-state index contributed by atoms with van der Waals surface area (Å²) in [7, 11) is 1.77. The molecule has 20 heavy (non-hydrogen) atoms. The van der Waals surface area contributed by atoms with Gasteiger partial charge in [0, 0.05) is 24.9 Å². The van der Waals surface area contributed by atoms with E-state index in [9.17, 15) is 14.9 Å². The number of nitrogens with zero attached hydrogens (tertiary/aromatic N) is 3. The summed E-state index contributed by atoms with van der Waals surface area (Å²) in [6.45, 7) is 0.305. The van der Waals surface area contributed by atoms with Crippen LogP contribution in [0.4, 0.5) is 5.69 Å². The molecule has 1 aromatic heterocycles. The van der Waals surface area contributed by atoms with Crippen molar-refractivity contribution in [1.29, 1.82) is 0 Å². The highest BCUT2D eigenvalue weighted by Gasteiger charge is 2.16. The Morgan fingerprint density at radius 3 is 2.85 bits per heavy atom. The quantitative estimate of drug-likeness (QED) is 0.682. The molecule has 0 atom stereocenters. The topological polar surface area (TPSA) is 90.1 Å². The number of aromatic nitrogens is 2. The summed E-state index contributed by atoms with van der Waals surface area (Å²) in [6, 6.07) is 6.03. The van der Waals surface area contributed by atoms with E-state index in [-0.39, 0.29) is 17.2 Å². The van der Waals surface area contributed by atoms with Crippen LogP contribution >= 0.6 is 15.9 Å². The van der Waals surface area contributed by atoms with Crippen molar-refractivity contribution in [2.75, 3.05) is 0 Å². The number of carbonyl (C=O) groups is 1. The molecule has 7 nitrogen and oxygen atoms in total. The number of hydrogen-bond donors (Lipinski definition) is 1. The van der Waals surface area contributed by atoms with Crippen LogP contribution in [-0.4, -0.2) is 20.6 Å². The van der Waals surface area contributed by atoms with Crippen LogP contribution in [0.15, 0.2) is 34.9 Å². The first-order valence-electron chi connectivity index (χ1n) is 5.68. The Morgan fingerprint density at radius 1 is 1.50 bits per heavy atom. The zero-order chi connectivity index (χ0) is 14.7. The first kappa shape index (κ1) is 14.2. The van der Waals surface area contributed by atoms with Gasteiger partial charge >= 0.3 is 0 Å². The fraction of sp³-hybridized carbons (Fsp3) is 0.167. The van der Waals surface area contributed by atoms with Crippen LogP contribution in [0.5, 0.6) is 0 Å². The lowest BCUT2D eigenvalue weighted by molar-refractivity contribution is -0.385. The molecule has 0 bridgehead atoms. The Balaban J connectivity index is 2.12. The van der Waals surface area contributed by atoms with Crippen molar-refractivity contribution >= 4 is 27.5 Å². The molecule has 2 aromatic rings. The summed E-state index contributed by atoms with van der Waals surface area (Å²) in [5.74, 6) is -0.373. The van der Waals surface area contributed by atoms with Crippen molar-refractivity contribution in [3.05, 3.63) is 56.3 Å². The van der Waals surface area contributed by atoms with Crippen LogP contribution in [0, 0.1) is 10.1 Å². The molecule has 0 saturated heterocycles. The first-order chi connectivity index (χ1) is 9.49. The minimum Gasteiger partial charge on any atom is -0.346 e. The van der Waals surface area contributed by atoms with Crippen molar-refractivity contribution in [3.8, 4) is 0 Å². The van der Waals surface area contributed by atoms with Gasteiger partial charge in [-0.05, 0) is 34.1 Å². The Labute approximate surface area is 122 Å². The van der Waals surface area contributed by atoms with Crippen LogP contribution in [0.2, 0.25) is 0 Å². The number of nitro benzene ring substituents is 1. The Kier molecular flexibility index (Phi) is 4.14. The van der Waals surface area contributed by atoms with Gasteiger partial charge in [-0.15, -0.1) is 0 Å². The molecule has 0 saturated carbocycles. The molecule has 0 aliphatic carbocycles. The maximum absolute atomic E-state index is 12.0. The molecule has 0 aliphatic rings. The van der Waals surface area contributed by atoms with E-state index in [2.05, 4.69) is 26.3 Å². The molecule has 1 heterocycles. The number of halogens is 1. The van der Waals surface area contributed by atoms with E-state index in [0.29, 0.717) is 11.0 Å². The highest BCUT2D eigenvalue weighted by molar-refractivity contribution is 9.10. The first-order valence-corrected chi connectivity index (χ1v) is 6.47. The highest BCUT2D eigenvalue weighted by Crippen LogP contribution is 2.25. The number of benzene rings is 1.